The zero-order valence-corrected chi connectivity index (χ0v) is 23.9. The first kappa shape index (κ1) is 24.5. The second-order valence-electron chi connectivity index (χ2n) is 11.7. The lowest BCUT2D eigenvalue weighted by atomic mass is 9.93. The van der Waals surface area contributed by atoms with Gasteiger partial charge < -0.3 is 13.6 Å². The summed E-state index contributed by atoms with van der Waals surface area (Å²) in [6, 6.07) is 37.6. The first-order valence-electron chi connectivity index (χ1n) is 14.8. The lowest BCUT2D eigenvalue weighted by molar-refractivity contribution is 0.669. The van der Waals surface area contributed by atoms with Gasteiger partial charge in [-0.2, -0.15) is 10.5 Å². The van der Waals surface area contributed by atoms with Gasteiger partial charge in [0.15, 0.2) is 0 Å². The van der Waals surface area contributed by atoms with Gasteiger partial charge in [0.25, 0.3) is 0 Å². The average Bonchev–Trinajstić information content (AvgIpc) is 3.70. The van der Waals surface area contributed by atoms with Crippen LogP contribution >= 0.6 is 0 Å². The molecular formula is C39H24N4O. The normalized spacial score (nSPS) is 14.5. The highest BCUT2D eigenvalue weighted by Gasteiger charge is 2.22. The summed E-state index contributed by atoms with van der Waals surface area (Å²) < 4.78 is 10.9. The number of fused-ring (bicyclic) bond motifs is 9. The minimum atomic E-state index is 0.443. The number of nitriles is 2. The predicted octanol–water partition coefficient (Wildman–Crippen LogP) is 9.58. The van der Waals surface area contributed by atoms with Crippen molar-refractivity contribution in [1.82, 2.24) is 9.13 Å². The summed E-state index contributed by atoms with van der Waals surface area (Å²) in [5.74, 6) is 0.443. The zero-order valence-electron chi connectivity index (χ0n) is 23.9. The topological polar surface area (TPSA) is 70.6 Å². The standard InChI is InChI=1S/C39H24N4O/c1-23-6-11-35-29(16-23)31-18-25(22-41)8-13-37(31)43(35)27-10-15-39-33(20-27)32-19-26(9-14-38(32)44-39)42-34-5-3-2-4-28(34)30-17-24(21-40)7-12-36(30)42/h2-15,17-20,23H,16H2,1H3. The quantitative estimate of drug-likeness (QED) is 0.210. The molecule has 0 aliphatic heterocycles. The van der Waals surface area contributed by atoms with Crippen LogP contribution in [0.2, 0.25) is 0 Å². The van der Waals surface area contributed by atoms with Crippen molar-refractivity contribution in [2.45, 2.75) is 13.3 Å². The Kier molecular flexibility index (Phi) is 5.01. The van der Waals surface area contributed by atoms with Crippen LogP contribution in [0.25, 0.3) is 72.1 Å². The van der Waals surface area contributed by atoms with Crippen molar-refractivity contribution in [3.63, 3.8) is 0 Å². The van der Waals surface area contributed by atoms with Crippen LogP contribution in [0.5, 0.6) is 0 Å². The molecule has 44 heavy (non-hydrogen) atoms. The monoisotopic (exact) mass is 564 g/mol. The molecule has 5 heteroatoms. The Hall–Kier alpha value is -6.04. The number of aromatic nitrogens is 2. The van der Waals surface area contributed by atoms with Gasteiger partial charge in [-0.3, -0.25) is 0 Å². The summed E-state index contributed by atoms with van der Waals surface area (Å²) in [4.78, 5) is 0. The number of hydrogen-bond donors (Lipinski definition) is 0. The molecule has 0 spiro atoms. The molecule has 1 atom stereocenters. The number of rotatable bonds is 2. The minimum absolute atomic E-state index is 0.443. The molecule has 9 rings (SSSR count). The molecule has 5 aromatic carbocycles. The lowest BCUT2D eigenvalue weighted by Crippen LogP contribution is -2.05. The van der Waals surface area contributed by atoms with Crippen LogP contribution in [0.1, 0.15) is 29.3 Å². The van der Waals surface area contributed by atoms with Crippen LogP contribution in [0.4, 0.5) is 0 Å². The van der Waals surface area contributed by atoms with E-state index in [9.17, 15) is 10.5 Å². The maximum Gasteiger partial charge on any atom is 0.135 e. The Bertz CT molecular complexity index is 2630. The van der Waals surface area contributed by atoms with Crippen molar-refractivity contribution < 1.29 is 4.42 Å². The Balaban J connectivity index is 1.28. The van der Waals surface area contributed by atoms with E-state index in [1.165, 1.54) is 11.3 Å². The van der Waals surface area contributed by atoms with Crippen LogP contribution in [-0.4, -0.2) is 9.13 Å². The van der Waals surface area contributed by atoms with E-state index in [-0.39, 0.29) is 0 Å². The molecule has 0 N–H and O–H groups in total. The fourth-order valence-electron chi connectivity index (χ4n) is 7.11. The number of nitrogens with zero attached hydrogens (tertiary/aromatic N) is 4. The molecule has 5 nitrogen and oxygen atoms in total. The summed E-state index contributed by atoms with van der Waals surface area (Å²) in [5, 5.41) is 24.6. The molecular weight excluding hydrogens is 540 g/mol. The van der Waals surface area contributed by atoms with Crippen molar-refractivity contribution in [2.75, 3.05) is 0 Å². The van der Waals surface area contributed by atoms with Crippen molar-refractivity contribution in [1.29, 1.82) is 10.5 Å². The molecule has 1 unspecified atom stereocenters. The molecule has 206 valence electrons. The van der Waals surface area contributed by atoms with Gasteiger partial charge in [0, 0.05) is 44.0 Å². The second-order valence-corrected chi connectivity index (χ2v) is 11.7. The third-order valence-corrected chi connectivity index (χ3v) is 9.10. The van der Waals surface area contributed by atoms with E-state index < -0.39 is 0 Å². The van der Waals surface area contributed by atoms with E-state index in [0.29, 0.717) is 17.0 Å². The number of allylic oxidation sites excluding steroid dienone is 1. The Morgan fingerprint density at radius 3 is 1.95 bits per heavy atom. The molecule has 3 aromatic heterocycles. The second kappa shape index (κ2) is 8.98. The number of para-hydroxylation sites is 1. The average molecular weight is 565 g/mol. The van der Waals surface area contributed by atoms with Crippen molar-refractivity contribution in [3.05, 3.63) is 126 Å². The third-order valence-electron chi connectivity index (χ3n) is 9.10. The summed E-state index contributed by atoms with van der Waals surface area (Å²) in [6.45, 7) is 2.23. The fraction of sp³-hybridized carbons (Fsp3) is 0.0769. The first-order chi connectivity index (χ1) is 21.6. The van der Waals surface area contributed by atoms with Gasteiger partial charge in [0.1, 0.15) is 11.2 Å². The molecule has 0 saturated carbocycles. The Labute approximate surface area is 252 Å². The lowest BCUT2D eigenvalue weighted by Gasteiger charge is -2.15. The van der Waals surface area contributed by atoms with E-state index in [1.807, 2.05) is 36.4 Å². The number of furan rings is 1. The van der Waals surface area contributed by atoms with Crippen LogP contribution < -0.4 is 0 Å². The van der Waals surface area contributed by atoms with Crippen molar-refractivity contribution in [2.24, 2.45) is 5.92 Å². The van der Waals surface area contributed by atoms with E-state index in [4.69, 9.17) is 4.42 Å². The maximum absolute atomic E-state index is 9.61. The van der Waals surface area contributed by atoms with E-state index >= 15 is 0 Å². The number of hydrogen-bond acceptors (Lipinski definition) is 3. The molecule has 0 radical (unpaired) electrons. The van der Waals surface area contributed by atoms with Crippen LogP contribution in [0.3, 0.4) is 0 Å². The van der Waals surface area contributed by atoms with Gasteiger partial charge >= 0.3 is 0 Å². The van der Waals surface area contributed by atoms with Crippen LogP contribution in [-0.2, 0) is 6.42 Å². The predicted molar refractivity (Wildman–Crippen MR) is 176 cm³/mol. The fourth-order valence-corrected chi connectivity index (χ4v) is 7.11. The first-order valence-corrected chi connectivity index (χ1v) is 14.8. The highest BCUT2D eigenvalue weighted by atomic mass is 16.3. The highest BCUT2D eigenvalue weighted by Crippen LogP contribution is 2.39. The molecule has 3 heterocycles. The van der Waals surface area contributed by atoms with Gasteiger partial charge in [-0.25, -0.2) is 0 Å². The van der Waals surface area contributed by atoms with Crippen LogP contribution in [0.15, 0.2) is 108 Å². The molecule has 1 aliphatic carbocycles. The van der Waals surface area contributed by atoms with Gasteiger partial charge in [-0.1, -0.05) is 31.2 Å². The van der Waals surface area contributed by atoms with Crippen molar-refractivity contribution in [3.8, 4) is 23.5 Å². The molecule has 1 aliphatic rings. The van der Waals surface area contributed by atoms with Gasteiger partial charge in [-0.05, 0) is 103 Å². The maximum atomic E-state index is 9.61. The summed E-state index contributed by atoms with van der Waals surface area (Å²) in [5.41, 5.74) is 10.8. The minimum Gasteiger partial charge on any atom is -0.456 e. The number of benzene rings is 5. The Morgan fingerprint density at radius 2 is 1.25 bits per heavy atom. The molecule has 8 aromatic rings. The zero-order chi connectivity index (χ0) is 29.5. The van der Waals surface area contributed by atoms with Crippen LogP contribution in [0, 0.1) is 28.6 Å². The van der Waals surface area contributed by atoms with E-state index in [1.54, 1.807) is 0 Å². The van der Waals surface area contributed by atoms with Crippen molar-refractivity contribution >= 4 is 60.7 Å². The summed E-state index contributed by atoms with van der Waals surface area (Å²) in [6.07, 6.45) is 5.44. The van der Waals surface area contributed by atoms with E-state index in [2.05, 4.69) is 101 Å². The molecule has 0 saturated heterocycles. The molecule has 0 fully saturated rings. The summed E-state index contributed by atoms with van der Waals surface area (Å²) >= 11 is 0. The summed E-state index contributed by atoms with van der Waals surface area (Å²) in [7, 11) is 0. The van der Waals surface area contributed by atoms with Gasteiger partial charge in [0.2, 0.25) is 0 Å². The largest absolute Gasteiger partial charge is 0.456 e. The Morgan fingerprint density at radius 1 is 0.636 bits per heavy atom. The SMILES string of the molecule is CC1C=Cc2c(c3cc(C#N)ccc3n2-c2ccc3oc4ccc(-n5c6ccccc6c6cc(C#N)ccc65)cc4c3c2)C1. The smallest absolute Gasteiger partial charge is 0.135 e. The molecule has 0 amide bonds. The van der Waals surface area contributed by atoms with Gasteiger partial charge in [-0.15, -0.1) is 0 Å². The third kappa shape index (κ3) is 3.38. The highest BCUT2D eigenvalue weighted by molar-refractivity contribution is 6.11. The molecule has 0 bridgehead atoms. The van der Waals surface area contributed by atoms with E-state index in [0.717, 1.165) is 72.4 Å². The van der Waals surface area contributed by atoms with Gasteiger partial charge in [0.05, 0.1) is 39.8 Å².